The lowest BCUT2D eigenvalue weighted by Gasteiger charge is -2.43. The van der Waals surface area contributed by atoms with E-state index in [1.54, 1.807) is 0 Å². The van der Waals surface area contributed by atoms with Crippen molar-refractivity contribution in [2.75, 3.05) is 44.4 Å². The Labute approximate surface area is 150 Å². The fourth-order valence-corrected chi connectivity index (χ4v) is 5.29. The van der Waals surface area contributed by atoms with Gasteiger partial charge in [0.25, 0.3) is 0 Å². The molecular weight excluding hydrogens is 318 g/mol. The van der Waals surface area contributed by atoms with E-state index in [1.807, 2.05) is 12.3 Å². The molecule has 2 unspecified atom stereocenters. The Hall–Kier alpha value is -0.620. The second-order valence-corrected chi connectivity index (χ2v) is 8.55. The van der Waals surface area contributed by atoms with Crippen LogP contribution < -0.4 is 5.32 Å². The molecule has 5 heteroatoms. The van der Waals surface area contributed by atoms with Gasteiger partial charge in [0.2, 0.25) is 0 Å². The summed E-state index contributed by atoms with van der Waals surface area (Å²) in [7, 11) is 0. The largest absolute Gasteiger partial charge is 0.379 e. The molecule has 0 aliphatic carbocycles. The van der Waals surface area contributed by atoms with Crippen LogP contribution in [0.1, 0.15) is 38.4 Å². The van der Waals surface area contributed by atoms with Crippen molar-refractivity contribution in [3.8, 4) is 0 Å². The van der Waals surface area contributed by atoms with Gasteiger partial charge in [0, 0.05) is 43.2 Å². The molecule has 2 fully saturated rings. The van der Waals surface area contributed by atoms with Gasteiger partial charge in [-0.05, 0) is 36.6 Å². The predicted molar refractivity (Wildman–Crippen MR) is 102 cm³/mol. The molecule has 2 aliphatic rings. The van der Waals surface area contributed by atoms with E-state index in [1.165, 1.54) is 23.6 Å². The molecule has 1 aromatic rings. The number of nitrogens with one attached hydrogen (secondary N) is 1. The van der Waals surface area contributed by atoms with Gasteiger partial charge in [0.05, 0.1) is 18.9 Å². The van der Waals surface area contributed by atoms with Gasteiger partial charge >= 0.3 is 0 Å². The van der Waals surface area contributed by atoms with E-state index in [4.69, 9.17) is 4.74 Å². The SMILES string of the molecule is CC(C)CC(NCC1(N2CCOCC2)CCSC1)c1ccccn1. The molecule has 0 bridgehead atoms. The molecule has 0 saturated carbocycles. The molecule has 2 atom stereocenters. The van der Waals surface area contributed by atoms with Crippen LogP contribution in [0.15, 0.2) is 24.4 Å². The van der Waals surface area contributed by atoms with E-state index in [9.17, 15) is 0 Å². The van der Waals surface area contributed by atoms with Crippen molar-refractivity contribution in [2.45, 2.75) is 38.3 Å². The lowest BCUT2D eigenvalue weighted by molar-refractivity contribution is -0.0143. The first-order valence-corrected chi connectivity index (χ1v) is 10.4. The van der Waals surface area contributed by atoms with Crippen molar-refractivity contribution in [1.29, 1.82) is 0 Å². The number of nitrogens with zero attached hydrogens (tertiary/aromatic N) is 2. The number of thioether (sulfide) groups is 1. The monoisotopic (exact) mass is 349 g/mol. The Bertz CT molecular complexity index is 485. The molecule has 1 N–H and O–H groups in total. The highest BCUT2D eigenvalue weighted by atomic mass is 32.2. The summed E-state index contributed by atoms with van der Waals surface area (Å²) in [6.07, 6.45) is 4.32. The van der Waals surface area contributed by atoms with E-state index in [0.29, 0.717) is 17.5 Å². The predicted octanol–water partition coefficient (Wildman–Crippen LogP) is 2.97. The zero-order valence-corrected chi connectivity index (χ0v) is 15.9. The summed E-state index contributed by atoms with van der Waals surface area (Å²) in [6, 6.07) is 6.60. The summed E-state index contributed by atoms with van der Waals surface area (Å²) in [4.78, 5) is 7.29. The molecule has 3 heterocycles. The van der Waals surface area contributed by atoms with Gasteiger partial charge < -0.3 is 10.1 Å². The maximum absolute atomic E-state index is 5.57. The lowest BCUT2D eigenvalue weighted by Crippen LogP contribution is -2.58. The number of rotatable bonds is 7. The fraction of sp³-hybridized carbons (Fsp3) is 0.737. The molecule has 2 aliphatic heterocycles. The maximum atomic E-state index is 5.57. The molecule has 4 nitrogen and oxygen atoms in total. The van der Waals surface area contributed by atoms with Crippen LogP contribution >= 0.6 is 11.8 Å². The number of hydrogen-bond acceptors (Lipinski definition) is 5. The van der Waals surface area contributed by atoms with Crippen LogP contribution in [0.4, 0.5) is 0 Å². The smallest absolute Gasteiger partial charge is 0.0594 e. The molecule has 24 heavy (non-hydrogen) atoms. The highest BCUT2D eigenvalue weighted by Crippen LogP contribution is 2.34. The first-order chi connectivity index (χ1) is 11.7. The third-order valence-corrected chi connectivity index (χ3v) is 6.43. The van der Waals surface area contributed by atoms with Crippen LogP contribution in [0.2, 0.25) is 0 Å². The van der Waals surface area contributed by atoms with Gasteiger partial charge in [-0.1, -0.05) is 19.9 Å². The number of pyridine rings is 1. The van der Waals surface area contributed by atoms with Crippen LogP contribution in [0.5, 0.6) is 0 Å². The molecule has 0 spiro atoms. The second kappa shape index (κ2) is 8.65. The summed E-state index contributed by atoms with van der Waals surface area (Å²) in [5.74, 6) is 3.16. The Morgan fingerprint density at radius 3 is 2.79 bits per heavy atom. The van der Waals surface area contributed by atoms with Crippen molar-refractivity contribution < 1.29 is 4.74 Å². The lowest BCUT2D eigenvalue weighted by atomic mass is 9.93. The van der Waals surface area contributed by atoms with Crippen molar-refractivity contribution in [1.82, 2.24) is 15.2 Å². The zero-order valence-electron chi connectivity index (χ0n) is 15.0. The Balaban J connectivity index is 1.69. The van der Waals surface area contributed by atoms with Crippen LogP contribution in [0, 0.1) is 5.92 Å². The standard InChI is InChI=1S/C19H31N3OS/c1-16(2)13-18(17-5-3-4-7-20-17)21-14-19(6-12-24-15-19)22-8-10-23-11-9-22/h3-5,7,16,18,21H,6,8-15H2,1-2H3. The average molecular weight is 350 g/mol. The van der Waals surface area contributed by atoms with Crippen molar-refractivity contribution in [3.05, 3.63) is 30.1 Å². The third kappa shape index (κ3) is 4.51. The van der Waals surface area contributed by atoms with E-state index in [-0.39, 0.29) is 0 Å². The molecule has 0 amide bonds. The maximum Gasteiger partial charge on any atom is 0.0594 e. The van der Waals surface area contributed by atoms with Crippen LogP contribution in [0.3, 0.4) is 0 Å². The van der Waals surface area contributed by atoms with Gasteiger partial charge in [-0.2, -0.15) is 11.8 Å². The normalized spacial score (nSPS) is 26.8. The Morgan fingerprint density at radius 1 is 1.33 bits per heavy atom. The van der Waals surface area contributed by atoms with Crippen LogP contribution in [-0.4, -0.2) is 59.8 Å². The Morgan fingerprint density at radius 2 is 2.17 bits per heavy atom. The van der Waals surface area contributed by atoms with E-state index >= 15 is 0 Å². The summed E-state index contributed by atoms with van der Waals surface area (Å²) in [5.41, 5.74) is 1.47. The summed E-state index contributed by atoms with van der Waals surface area (Å²) in [6.45, 7) is 9.53. The van der Waals surface area contributed by atoms with E-state index in [2.05, 4.69) is 52.9 Å². The van der Waals surface area contributed by atoms with E-state index in [0.717, 1.165) is 39.3 Å². The first kappa shape index (κ1) is 18.2. The van der Waals surface area contributed by atoms with Crippen LogP contribution in [-0.2, 0) is 4.74 Å². The fourth-order valence-electron chi connectivity index (χ4n) is 3.81. The molecule has 0 aromatic carbocycles. The molecule has 2 saturated heterocycles. The van der Waals surface area contributed by atoms with Crippen molar-refractivity contribution in [2.24, 2.45) is 5.92 Å². The van der Waals surface area contributed by atoms with Gasteiger partial charge in [-0.3, -0.25) is 9.88 Å². The minimum atomic E-state index is 0.290. The van der Waals surface area contributed by atoms with Crippen LogP contribution in [0.25, 0.3) is 0 Å². The van der Waals surface area contributed by atoms with Crippen molar-refractivity contribution >= 4 is 11.8 Å². The number of morpholine rings is 1. The van der Waals surface area contributed by atoms with Gasteiger partial charge in [0.1, 0.15) is 0 Å². The molecule has 3 rings (SSSR count). The van der Waals surface area contributed by atoms with Gasteiger partial charge in [0.15, 0.2) is 0 Å². The topological polar surface area (TPSA) is 37.4 Å². The van der Waals surface area contributed by atoms with E-state index < -0.39 is 0 Å². The summed E-state index contributed by atoms with van der Waals surface area (Å²) >= 11 is 2.10. The zero-order chi connectivity index (χ0) is 16.8. The number of aromatic nitrogens is 1. The molecule has 0 radical (unpaired) electrons. The second-order valence-electron chi connectivity index (χ2n) is 7.44. The van der Waals surface area contributed by atoms with Gasteiger partial charge in [-0.15, -0.1) is 0 Å². The highest BCUT2D eigenvalue weighted by molar-refractivity contribution is 7.99. The van der Waals surface area contributed by atoms with Gasteiger partial charge in [-0.25, -0.2) is 0 Å². The number of hydrogen-bond donors (Lipinski definition) is 1. The Kier molecular flexibility index (Phi) is 6.56. The minimum Gasteiger partial charge on any atom is -0.379 e. The summed E-state index contributed by atoms with van der Waals surface area (Å²) < 4.78 is 5.57. The third-order valence-electron chi connectivity index (χ3n) is 5.19. The molecule has 1 aromatic heterocycles. The number of ether oxygens (including phenoxy) is 1. The highest BCUT2D eigenvalue weighted by Gasteiger charge is 2.40. The van der Waals surface area contributed by atoms with Crippen molar-refractivity contribution in [3.63, 3.8) is 0 Å². The first-order valence-electron chi connectivity index (χ1n) is 9.24. The summed E-state index contributed by atoms with van der Waals surface area (Å²) in [5, 5.41) is 3.89. The molecule has 134 valence electrons. The molecular formula is C19H31N3OS. The average Bonchev–Trinajstić information content (AvgIpc) is 3.10. The minimum absolute atomic E-state index is 0.290. The quantitative estimate of drug-likeness (QED) is 0.819.